The molecule has 0 saturated heterocycles. The Kier molecular flexibility index (Phi) is 13.8. The molecule has 0 saturated carbocycles. The maximum absolute atomic E-state index is 7.52. The highest BCUT2D eigenvalue weighted by Crippen LogP contribution is 2.56. The van der Waals surface area contributed by atoms with Crippen molar-refractivity contribution in [2.45, 2.75) is 32.1 Å². The Labute approximate surface area is 585 Å². The van der Waals surface area contributed by atoms with Gasteiger partial charge in [-0.3, -0.25) is 4.90 Å². The van der Waals surface area contributed by atoms with E-state index < -0.39 is 0 Å². The Balaban J connectivity index is 0.813. The predicted molar refractivity (Wildman–Crippen MR) is 425 cm³/mol. The molecule has 474 valence electrons. The van der Waals surface area contributed by atoms with Crippen molar-refractivity contribution in [3.05, 3.63) is 350 Å². The molecule has 5 nitrogen and oxygen atoms in total. The second-order valence-corrected chi connectivity index (χ2v) is 28.0. The number of fused-ring (bicyclic) bond motifs is 13. The van der Waals surface area contributed by atoms with Crippen molar-refractivity contribution in [3.63, 3.8) is 0 Å². The predicted octanol–water partition coefficient (Wildman–Crippen LogP) is 26.8. The lowest BCUT2D eigenvalue weighted by Gasteiger charge is -2.30. The molecule has 0 atom stereocenters. The number of benzene rings is 14. The largest absolute Gasteiger partial charge is 0.455 e. The summed E-state index contributed by atoms with van der Waals surface area (Å²) in [6.07, 6.45) is 6.08. The second kappa shape index (κ2) is 23.4. The van der Waals surface area contributed by atoms with E-state index in [9.17, 15) is 0 Å². The highest BCUT2D eigenvalue weighted by molar-refractivity contribution is 7.26. The van der Waals surface area contributed by atoms with Gasteiger partial charge in [-0.15, -0.1) is 11.3 Å². The third kappa shape index (κ3) is 9.39. The highest BCUT2D eigenvalue weighted by Gasteiger charge is 2.37. The minimum absolute atomic E-state index is 0.317. The van der Waals surface area contributed by atoms with Crippen LogP contribution in [0.2, 0.25) is 0 Å². The molecule has 2 aliphatic carbocycles. The van der Waals surface area contributed by atoms with Crippen molar-refractivity contribution in [3.8, 4) is 44.6 Å². The molecule has 3 aromatic heterocycles. The van der Waals surface area contributed by atoms with E-state index >= 15 is 0 Å². The number of pyridine rings is 1. The number of hydrogen-bond donors (Lipinski definition) is 0. The molecule has 3 heterocycles. The van der Waals surface area contributed by atoms with Gasteiger partial charge in [0.15, 0.2) is 0 Å². The first kappa shape index (κ1) is 59.0. The number of nitrogens with zero attached hydrogens (tertiary/aromatic N) is 4. The number of thiophene rings is 1. The molecule has 0 fully saturated rings. The van der Waals surface area contributed by atoms with Crippen LogP contribution in [0.25, 0.3) is 120 Å². The average Bonchev–Trinajstić information content (AvgIpc) is 0.779. The summed E-state index contributed by atoms with van der Waals surface area (Å²) in [5, 5.41) is 8.94. The Bertz CT molecular complexity index is 6180. The summed E-state index contributed by atoms with van der Waals surface area (Å²) in [5.74, 6) is 0.782. The van der Waals surface area contributed by atoms with Crippen LogP contribution in [0.15, 0.2) is 321 Å². The fourth-order valence-corrected chi connectivity index (χ4v) is 17.3. The minimum atomic E-state index is -0.317. The molecular formula is C94H66N4OS. The van der Waals surface area contributed by atoms with Crippen LogP contribution in [-0.2, 0) is 18.3 Å². The van der Waals surface area contributed by atoms with Crippen molar-refractivity contribution >= 4 is 138 Å². The van der Waals surface area contributed by atoms with E-state index in [0.717, 1.165) is 130 Å². The summed E-state index contributed by atoms with van der Waals surface area (Å²) < 4.78 is 9.93. The van der Waals surface area contributed by atoms with Crippen molar-refractivity contribution < 1.29 is 4.42 Å². The molecule has 0 spiro atoms. The van der Waals surface area contributed by atoms with E-state index in [1.165, 1.54) is 75.5 Å². The zero-order valence-corrected chi connectivity index (χ0v) is 56.3. The number of aromatic nitrogens is 1. The Hall–Kier alpha value is -12.4. The maximum atomic E-state index is 7.52. The molecule has 0 aliphatic heterocycles. The Morgan fingerprint density at radius 2 is 0.970 bits per heavy atom. The van der Waals surface area contributed by atoms with Gasteiger partial charge in [-0.05, 0) is 182 Å². The number of hydrogen-bond acceptors (Lipinski definition) is 6. The van der Waals surface area contributed by atoms with Gasteiger partial charge in [0, 0.05) is 76.8 Å². The fourth-order valence-electron chi connectivity index (χ4n) is 16.1. The zero-order valence-electron chi connectivity index (χ0n) is 55.5. The lowest BCUT2D eigenvalue weighted by Crippen LogP contribution is -2.17. The zero-order chi connectivity index (χ0) is 66.7. The minimum Gasteiger partial charge on any atom is -0.455 e. The number of furan rings is 1. The van der Waals surface area contributed by atoms with Gasteiger partial charge in [-0.25, -0.2) is 4.98 Å². The van der Waals surface area contributed by atoms with Crippen molar-refractivity contribution in [2.75, 3.05) is 14.7 Å². The summed E-state index contributed by atoms with van der Waals surface area (Å²) in [6.45, 7) is 13.0. The number of anilines is 9. The van der Waals surface area contributed by atoms with Crippen LogP contribution in [0.3, 0.4) is 0 Å². The Morgan fingerprint density at radius 3 is 1.74 bits per heavy atom. The van der Waals surface area contributed by atoms with Gasteiger partial charge in [0.2, 0.25) is 0 Å². The summed E-state index contributed by atoms with van der Waals surface area (Å²) in [4.78, 5) is 13.2. The van der Waals surface area contributed by atoms with E-state index in [-0.39, 0.29) is 5.41 Å². The van der Waals surface area contributed by atoms with Gasteiger partial charge in [-0.2, -0.15) is 0 Å². The standard InChI is InChI=1S/C94H66N4OS/c1-5-59-40-48-67(49-41-59)97(65-24-11-8-12-25-65)91-75-29-16-14-27-71(75)70-26-13-15-28-74(70)89(91)77-31-17-32-78-90-83(35-21-37-85(90)99-92(77)78)98(69-53-55-73-72-54-42-60(6-2)56-80(72)94(3,4)81(73)58-69)87-39-20-34-82(95-87)76-30-19-38-86-88(76)79-33-18-36-84(93(79)100-86)96(68-52-47-63-43-44-64(63)57-68)66-50-45-62(46-51-66)61-22-9-7-10-23-61/h5-42,45-58H,1-2,43-44H2,3-4H3. The molecule has 0 N–H and O–H groups in total. The van der Waals surface area contributed by atoms with E-state index in [1.54, 1.807) is 0 Å². The smallest absolute Gasteiger partial charge is 0.143 e. The van der Waals surface area contributed by atoms with Crippen molar-refractivity contribution in [1.82, 2.24) is 4.98 Å². The lowest BCUT2D eigenvalue weighted by molar-refractivity contribution is 0.660. The van der Waals surface area contributed by atoms with E-state index in [4.69, 9.17) is 9.40 Å². The lowest BCUT2D eigenvalue weighted by atomic mass is 9.82. The second-order valence-electron chi connectivity index (χ2n) is 26.9. The van der Waals surface area contributed by atoms with Gasteiger partial charge >= 0.3 is 0 Å². The molecule has 19 rings (SSSR count). The SMILES string of the molecule is C=Cc1ccc(N(c2ccccc2)c2c(-c3cccc4c3oc3cccc(N(c5ccc6c(c5)C(C)(C)c5cc(C=C)ccc5-6)c5cccc(-c6cccc7sc8c(N(c9ccc(-c%10ccccc%10)cc9)c9ccc%10c(c9)CC%10)cccc8c67)n5)c34)c3ccccc3c3ccccc23)cc1. The summed E-state index contributed by atoms with van der Waals surface area (Å²) in [5.41, 5.74) is 26.2. The third-order valence-electron chi connectivity index (χ3n) is 21.0. The Morgan fingerprint density at radius 1 is 0.400 bits per heavy atom. The third-order valence-corrected chi connectivity index (χ3v) is 22.2. The van der Waals surface area contributed by atoms with Crippen molar-refractivity contribution in [2.24, 2.45) is 0 Å². The van der Waals surface area contributed by atoms with Gasteiger partial charge in [-0.1, -0.05) is 245 Å². The maximum Gasteiger partial charge on any atom is 0.143 e. The first-order chi connectivity index (χ1) is 49.3. The summed E-state index contributed by atoms with van der Waals surface area (Å²) in [7, 11) is 0. The first-order valence-corrected chi connectivity index (χ1v) is 35.2. The normalized spacial score (nSPS) is 12.8. The van der Waals surface area contributed by atoms with Gasteiger partial charge < -0.3 is 14.2 Å². The molecule has 0 bridgehead atoms. The molecule has 0 amide bonds. The molecule has 6 heteroatoms. The van der Waals surface area contributed by atoms with Gasteiger partial charge in [0.1, 0.15) is 17.0 Å². The highest BCUT2D eigenvalue weighted by atomic mass is 32.1. The molecular weight excluding hydrogens is 1230 g/mol. The quantitative estimate of drug-likeness (QED) is 0.101. The van der Waals surface area contributed by atoms with Crippen LogP contribution in [-0.4, -0.2) is 4.98 Å². The molecule has 17 aromatic rings. The summed E-state index contributed by atoms with van der Waals surface area (Å²) >= 11 is 1.85. The van der Waals surface area contributed by atoms with E-state index in [0.29, 0.717) is 0 Å². The van der Waals surface area contributed by atoms with Gasteiger partial charge in [0.25, 0.3) is 0 Å². The molecule has 0 radical (unpaired) electrons. The van der Waals surface area contributed by atoms with Crippen LogP contribution in [0.4, 0.5) is 51.3 Å². The van der Waals surface area contributed by atoms with Crippen LogP contribution >= 0.6 is 11.3 Å². The summed E-state index contributed by atoms with van der Waals surface area (Å²) in [6, 6.07) is 111. The first-order valence-electron chi connectivity index (χ1n) is 34.4. The van der Waals surface area contributed by atoms with E-state index in [1.807, 2.05) is 23.5 Å². The van der Waals surface area contributed by atoms with E-state index in [2.05, 4.69) is 345 Å². The van der Waals surface area contributed by atoms with Gasteiger partial charge in [0.05, 0.1) is 32.8 Å². The van der Waals surface area contributed by atoms with Crippen LogP contribution in [0, 0.1) is 0 Å². The van der Waals surface area contributed by atoms with Crippen molar-refractivity contribution in [1.29, 1.82) is 0 Å². The topological polar surface area (TPSA) is 35.8 Å². The molecule has 100 heavy (non-hydrogen) atoms. The average molecular weight is 1300 g/mol. The number of rotatable bonds is 14. The van der Waals surface area contributed by atoms with Crippen LogP contribution in [0.1, 0.15) is 47.2 Å². The molecule has 0 unspecified atom stereocenters. The fraction of sp³-hybridized carbons (Fsp3) is 0.0532. The number of para-hydroxylation sites is 2. The van der Waals surface area contributed by atoms with Crippen LogP contribution < -0.4 is 14.7 Å². The monoisotopic (exact) mass is 1300 g/mol. The van der Waals surface area contributed by atoms with Crippen LogP contribution in [0.5, 0.6) is 0 Å². The molecule has 14 aromatic carbocycles. The molecule has 2 aliphatic rings. The number of aryl methyl sites for hydroxylation is 2.